The molecule has 0 spiro atoms. The van der Waals surface area contributed by atoms with Gasteiger partial charge in [-0.05, 0) is 40.9 Å². The Bertz CT molecular complexity index is 394. The van der Waals surface area contributed by atoms with Crippen LogP contribution in [0, 0.1) is 5.82 Å². The van der Waals surface area contributed by atoms with Crippen LogP contribution in [0.15, 0.2) is 22.7 Å². The van der Waals surface area contributed by atoms with Gasteiger partial charge in [0.25, 0.3) is 5.91 Å². The number of benzene rings is 1. The summed E-state index contributed by atoms with van der Waals surface area (Å²) in [5.41, 5.74) is 0.148. The van der Waals surface area contributed by atoms with E-state index in [1.165, 1.54) is 6.07 Å². The standard InChI is InChI=1S/C15H21BrFNO/c1-3-5-10-18(11-6-4-2)15(19)14-12(16)8-7-9-13(14)17/h7-9H,3-6,10-11H2,1-2H3. The fraction of sp³-hybridized carbons (Fsp3) is 0.533. The van der Waals surface area contributed by atoms with E-state index >= 15 is 0 Å². The number of unbranched alkanes of at least 4 members (excludes halogenated alkanes) is 2. The molecule has 0 atom stereocenters. The van der Waals surface area contributed by atoms with Crippen molar-refractivity contribution in [1.82, 2.24) is 4.90 Å². The summed E-state index contributed by atoms with van der Waals surface area (Å²) in [6.45, 7) is 5.55. The molecule has 1 aromatic carbocycles. The Morgan fingerprint density at radius 1 is 1.21 bits per heavy atom. The van der Waals surface area contributed by atoms with E-state index in [4.69, 9.17) is 0 Å². The van der Waals surface area contributed by atoms with E-state index in [0.29, 0.717) is 17.6 Å². The average Bonchev–Trinajstić information content (AvgIpc) is 2.38. The molecule has 19 heavy (non-hydrogen) atoms. The SMILES string of the molecule is CCCCN(CCCC)C(=O)c1c(F)cccc1Br. The number of carbonyl (C=O) groups is 1. The fourth-order valence-electron chi connectivity index (χ4n) is 1.87. The molecule has 0 heterocycles. The van der Waals surface area contributed by atoms with Gasteiger partial charge in [-0.15, -0.1) is 0 Å². The lowest BCUT2D eigenvalue weighted by molar-refractivity contribution is 0.0745. The molecule has 1 aromatic rings. The van der Waals surface area contributed by atoms with Gasteiger partial charge < -0.3 is 4.90 Å². The van der Waals surface area contributed by atoms with E-state index in [1.807, 2.05) is 0 Å². The Kier molecular flexibility index (Phi) is 7.06. The maximum atomic E-state index is 13.8. The second-order valence-electron chi connectivity index (χ2n) is 4.60. The lowest BCUT2D eigenvalue weighted by Gasteiger charge is -2.23. The van der Waals surface area contributed by atoms with E-state index in [2.05, 4.69) is 29.8 Å². The summed E-state index contributed by atoms with van der Waals surface area (Å²) >= 11 is 3.26. The zero-order chi connectivity index (χ0) is 14.3. The summed E-state index contributed by atoms with van der Waals surface area (Å²) in [6.07, 6.45) is 3.94. The Morgan fingerprint density at radius 2 is 1.79 bits per heavy atom. The number of rotatable bonds is 7. The number of amides is 1. The lowest BCUT2D eigenvalue weighted by atomic mass is 10.1. The van der Waals surface area contributed by atoms with Crippen LogP contribution in [-0.4, -0.2) is 23.9 Å². The molecule has 0 radical (unpaired) electrons. The van der Waals surface area contributed by atoms with Crippen LogP contribution in [0.3, 0.4) is 0 Å². The van der Waals surface area contributed by atoms with Gasteiger partial charge in [0.05, 0.1) is 5.56 Å². The molecule has 0 aromatic heterocycles. The maximum absolute atomic E-state index is 13.8. The molecule has 0 aliphatic heterocycles. The first-order valence-electron chi connectivity index (χ1n) is 6.85. The van der Waals surface area contributed by atoms with Gasteiger partial charge in [-0.25, -0.2) is 4.39 Å². The molecule has 0 saturated carbocycles. The normalized spacial score (nSPS) is 10.5. The average molecular weight is 330 g/mol. The topological polar surface area (TPSA) is 20.3 Å². The maximum Gasteiger partial charge on any atom is 0.257 e. The van der Waals surface area contributed by atoms with Crippen LogP contribution in [0.5, 0.6) is 0 Å². The molecule has 0 fully saturated rings. The van der Waals surface area contributed by atoms with Crippen LogP contribution in [-0.2, 0) is 0 Å². The van der Waals surface area contributed by atoms with Crippen LogP contribution < -0.4 is 0 Å². The third-order valence-corrected chi connectivity index (χ3v) is 3.69. The first kappa shape index (κ1) is 16.2. The van der Waals surface area contributed by atoms with Gasteiger partial charge >= 0.3 is 0 Å². The predicted octanol–water partition coefficient (Wildman–Crippen LogP) is 4.63. The summed E-state index contributed by atoms with van der Waals surface area (Å²) in [7, 11) is 0. The van der Waals surface area contributed by atoms with Gasteiger partial charge in [-0.1, -0.05) is 32.8 Å². The number of halogens is 2. The molecule has 2 nitrogen and oxygen atoms in total. The number of carbonyl (C=O) groups excluding carboxylic acids is 1. The summed E-state index contributed by atoms with van der Waals surface area (Å²) in [6, 6.07) is 4.63. The van der Waals surface area contributed by atoms with E-state index in [9.17, 15) is 9.18 Å². The minimum Gasteiger partial charge on any atom is -0.339 e. The van der Waals surface area contributed by atoms with E-state index in [-0.39, 0.29) is 11.5 Å². The molecule has 0 bridgehead atoms. The molecule has 0 aliphatic rings. The highest BCUT2D eigenvalue weighted by atomic mass is 79.9. The van der Waals surface area contributed by atoms with Crippen molar-refractivity contribution in [3.63, 3.8) is 0 Å². The highest BCUT2D eigenvalue weighted by Gasteiger charge is 2.21. The third kappa shape index (κ3) is 4.60. The highest BCUT2D eigenvalue weighted by molar-refractivity contribution is 9.10. The first-order valence-corrected chi connectivity index (χ1v) is 7.64. The Morgan fingerprint density at radius 3 is 2.26 bits per heavy atom. The van der Waals surface area contributed by atoms with Crippen LogP contribution in [0.1, 0.15) is 49.9 Å². The first-order chi connectivity index (χ1) is 9.11. The highest BCUT2D eigenvalue weighted by Crippen LogP contribution is 2.21. The Balaban J connectivity index is 2.91. The van der Waals surface area contributed by atoms with Crippen molar-refractivity contribution in [1.29, 1.82) is 0 Å². The molecule has 0 saturated heterocycles. The molecule has 1 rings (SSSR count). The summed E-state index contributed by atoms with van der Waals surface area (Å²) in [4.78, 5) is 14.2. The second kappa shape index (κ2) is 8.31. The van der Waals surface area contributed by atoms with Gasteiger partial charge in [-0.2, -0.15) is 0 Å². The molecule has 0 unspecified atom stereocenters. The van der Waals surface area contributed by atoms with Crippen molar-refractivity contribution in [3.8, 4) is 0 Å². The summed E-state index contributed by atoms with van der Waals surface area (Å²) < 4.78 is 14.4. The van der Waals surface area contributed by atoms with Crippen molar-refractivity contribution in [2.24, 2.45) is 0 Å². The monoisotopic (exact) mass is 329 g/mol. The molecule has 0 aliphatic carbocycles. The van der Waals surface area contributed by atoms with Crippen LogP contribution in [0.25, 0.3) is 0 Å². The minimum absolute atomic E-state index is 0.148. The quantitative estimate of drug-likeness (QED) is 0.714. The number of nitrogens with zero attached hydrogens (tertiary/aromatic N) is 1. The zero-order valence-electron chi connectivity index (χ0n) is 11.6. The van der Waals surface area contributed by atoms with Crippen LogP contribution in [0.4, 0.5) is 4.39 Å². The lowest BCUT2D eigenvalue weighted by Crippen LogP contribution is -2.33. The van der Waals surface area contributed by atoms with Gasteiger partial charge in [0.2, 0.25) is 0 Å². The molecular weight excluding hydrogens is 309 g/mol. The van der Waals surface area contributed by atoms with Crippen molar-refractivity contribution in [2.75, 3.05) is 13.1 Å². The van der Waals surface area contributed by atoms with Crippen molar-refractivity contribution in [2.45, 2.75) is 39.5 Å². The Labute approximate surface area is 123 Å². The number of hydrogen-bond acceptors (Lipinski definition) is 1. The van der Waals surface area contributed by atoms with Crippen LogP contribution >= 0.6 is 15.9 Å². The minimum atomic E-state index is -0.461. The molecule has 4 heteroatoms. The summed E-state index contributed by atoms with van der Waals surface area (Å²) in [5, 5.41) is 0. The zero-order valence-corrected chi connectivity index (χ0v) is 13.2. The fourth-order valence-corrected chi connectivity index (χ4v) is 2.38. The molecule has 0 N–H and O–H groups in total. The largest absolute Gasteiger partial charge is 0.339 e. The van der Waals surface area contributed by atoms with Crippen molar-refractivity contribution in [3.05, 3.63) is 34.1 Å². The van der Waals surface area contributed by atoms with E-state index in [1.54, 1.807) is 17.0 Å². The van der Waals surface area contributed by atoms with Gasteiger partial charge in [0, 0.05) is 17.6 Å². The molecule has 106 valence electrons. The van der Waals surface area contributed by atoms with Gasteiger partial charge in [-0.3, -0.25) is 4.79 Å². The Hall–Kier alpha value is -0.900. The predicted molar refractivity (Wildman–Crippen MR) is 79.8 cm³/mol. The van der Waals surface area contributed by atoms with Crippen LogP contribution in [0.2, 0.25) is 0 Å². The second-order valence-corrected chi connectivity index (χ2v) is 5.45. The third-order valence-electron chi connectivity index (χ3n) is 3.03. The number of hydrogen-bond donors (Lipinski definition) is 0. The van der Waals surface area contributed by atoms with Crippen molar-refractivity contribution >= 4 is 21.8 Å². The van der Waals surface area contributed by atoms with Gasteiger partial charge in [0.1, 0.15) is 5.82 Å². The van der Waals surface area contributed by atoms with E-state index < -0.39 is 5.82 Å². The summed E-state index contributed by atoms with van der Waals surface area (Å²) in [5.74, 6) is -0.677. The van der Waals surface area contributed by atoms with Gasteiger partial charge in [0.15, 0.2) is 0 Å². The molecule has 1 amide bonds. The smallest absolute Gasteiger partial charge is 0.257 e. The molecular formula is C15H21BrFNO. The van der Waals surface area contributed by atoms with Crippen molar-refractivity contribution < 1.29 is 9.18 Å². The van der Waals surface area contributed by atoms with E-state index in [0.717, 1.165) is 25.7 Å².